The van der Waals surface area contributed by atoms with E-state index in [0.717, 1.165) is 18.4 Å². The van der Waals surface area contributed by atoms with Gasteiger partial charge in [0.15, 0.2) is 0 Å². The summed E-state index contributed by atoms with van der Waals surface area (Å²) in [6, 6.07) is 6.41. The third-order valence-electron chi connectivity index (χ3n) is 3.85. The molecule has 0 aliphatic carbocycles. The molecule has 1 aromatic heterocycles. The van der Waals surface area contributed by atoms with Crippen molar-refractivity contribution in [3.05, 3.63) is 47.4 Å². The Labute approximate surface area is 127 Å². The van der Waals surface area contributed by atoms with Crippen LogP contribution in [-0.2, 0) is 6.42 Å². The third-order valence-corrected chi connectivity index (χ3v) is 3.85. The highest BCUT2D eigenvalue weighted by Crippen LogP contribution is 2.21. The second kappa shape index (κ2) is 7.77. The van der Waals surface area contributed by atoms with Crippen LogP contribution in [0.2, 0.25) is 0 Å². The maximum atomic E-state index is 4.80. The molecule has 1 heterocycles. The maximum absolute atomic E-state index is 4.80. The highest BCUT2D eigenvalue weighted by Gasteiger charge is 2.06. The van der Waals surface area contributed by atoms with Gasteiger partial charge in [-0.25, -0.2) is 0 Å². The average molecular weight is 284 g/mol. The number of benzene rings is 1. The smallest absolute Gasteiger partial charge is 0.214 e. The molecule has 0 amide bonds. The van der Waals surface area contributed by atoms with Crippen LogP contribution in [0.5, 0.6) is 0 Å². The van der Waals surface area contributed by atoms with Crippen molar-refractivity contribution in [3.8, 4) is 11.4 Å². The lowest BCUT2D eigenvalue weighted by atomic mass is 9.97. The van der Waals surface area contributed by atoms with E-state index in [1.807, 2.05) is 0 Å². The van der Waals surface area contributed by atoms with E-state index >= 15 is 0 Å². The summed E-state index contributed by atoms with van der Waals surface area (Å²) < 4.78 is 4.80. The minimum Gasteiger partial charge on any atom is -0.342 e. The normalized spacial score (nSPS) is 11.9. The molecule has 0 radical (unpaired) electrons. The quantitative estimate of drug-likeness (QED) is 0.663. The molecule has 112 valence electrons. The van der Waals surface area contributed by atoms with E-state index in [1.54, 1.807) is 5.57 Å². The van der Waals surface area contributed by atoms with Crippen molar-refractivity contribution in [1.29, 1.82) is 0 Å². The standard InChI is InChI=1S/C18H24N2O/c1-4-7-15(5-2)8-6-9-16-10-11-17(12-14(16)3)18-19-13-21-20-18/h7,10-13H,4-6,8-9H2,1-3H3. The molecule has 0 unspecified atom stereocenters. The molecule has 1 aromatic carbocycles. The van der Waals surface area contributed by atoms with E-state index in [4.69, 9.17) is 4.52 Å². The second-order valence-corrected chi connectivity index (χ2v) is 5.37. The number of nitrogens with zero attached hydrogens (tertiary/aromatic N) is 2. The second-order valence-electron chi connectivity index (χ2n) is 5.37. The molecule has 0 saturated heterocycles. The van der Waals surface area contributed by atoms with Crippen molar-refractivity contribution in [2.45, 2.75) is 52.9 Å². The molecule has 2 rings (SSSR count). The predicted molar refractivity (Wildman–Crippen MR) is 86.1 cm³/mol. The summed E-state index contributed by atoms with van der Waals surface area (Å²) in [6.45, 7) is 6.60. The number of hydrogen-bond acceptors (Lipinski definition) is 3. The van der Waals surface area contributed by atoms with Crippen molar-refractivity contribution in [1.82, 2.24) is 10.1 Å². The summed E-state index contributed by atoms with van der Waals surface area (Å²) in [5.41, 5.74) is 5.31. The Morgan fingerprint density at radius 1 is 1.29 bits per heavy atom. The Morgan fingerprint density at radius 2 is 2.14 bits per heavy atom. The van der Waals surface area contributed by atoms with Crippen molar-refractivity contribution in [3.63, 3.8) is 0 Å². The van der Waals surface area contributed by atoms with Gasteiger partial charge in [-0.15, -0.1) is 0 Å². The van der Waals surface area contributed by atoms with E-state index in [9.17, 15) is 0 Å². The number of allylic oxidation sites excluding steroid dienone is 2. The zero-order chi connectivity index (χ0) is 15.1. The zero-order valence-corrected chi connectivity index (χ0v) is 13.2. The number of aromatic nitrogens is 2. The van der Waals surface area contributed by atoms with Gasteiger partial charge in [-0.05, 0) is 56.2 Å². The first-order valence-electron chi connectivity index (χ1n) is 7.78. The lowest BCUT2D eigenvalue weighted by Gasteiger charge is -2.08. The molecule has 3 heteroatoms. The molecule has 0 aliphatic rings. The van der Waals surface area contributed by atoms with Crippen LogP contribution in [-0.4, -0.2) is 10.1 Å². The SMILES string of the molecule is CCC=C(CC)CCCc1ccc(-c2ncon2)cc1C. The molecule has 3 nitrogen and oxygen atoms in total. The van der Waals surface area contributed by atoms with E-state index < -0.39 is 0 Å². The minimum absolute atomic E-state index is 0.656. The van der Waals surface area contributed by atoms with Gasteiger partial charge in [0.05, 0.1) is 0 Å². The molecule has 0 N–H and O–H groups in total. The van der Waals surface area contributed by atoms with Crippen molar-refractivity contribution < 1.29 is 4.52 Å². The van der Waals surface area contributed by atoms with Gasteiger partial charge in [-0.2, -0.15) is 4.98 Å². The first kappa shape index (κ1) is 15.5. The monoisotopic (exact) mass is 284 g/mol. The summed E-state index contributed by atoms with van der Waals surface area (Å²) in [7, 11) is 0. The number of hydrogen-bond donors (Lipinski definition) is 0. The molecule has 0 aliphatic heterocycles. The van der Waals surface area contributed by atoms with Crippen LogP contribution >= 0.6 is 0 Å². The molecule has 0 atom stereocenters. The van der Waals surface area contributed by atoms with E-state index in [2.05, 4.69) is 55.2 Å². The van der Waals surface area contributed by atoms with Gasteiger partial charge in [0.1, 0.15) is 0 Å². The van der Waals surface area contributed by atoms with Gasteiger partial charge in [0, 0.05) is 5.56 Å². The van der Waals surface area contributed by atoms with Gasteiger partial charge in [-0.3, -0.25) is 0 Å². The Hall–Kier alpha value is -1.90. The Morgan fingerprint density at radius 3 is 2.76 bits per heavy atom. The van der Waals surface area contributed by atoms with Crippen LogP contribution in [0, 0.1) is 6.92 Å². The van der Waals surface area contributed by atoms with Crippen LogP contribution < -0.4 is 0 Å². The Kier molecular flexibility index (Phi) is 5.73. The molecular formula is C18H24N2O. The maximum Gasteiger partial charge on any atom is 0.214 e. The van der Waals surface area contributed by atoms with Crippen molar-refractivity contribution >= 4 is 0 Å². The summed E-state index contributed by atoms with van der Waals surface area (Å²) in [4.78, 5) is 4.09. The van der Waals surface area contributed by atoms with Crippen molar-refractivity contribution in [2.24, 2.45) is 0 Å². The van der Waals surface area contributed by atoms with Gasteiger partial charge < -0.3 is 4.52 Å². The lowest BCUT2D eigenvalue weighted by molar-refractivity contribution is 0.419. The van der Waals surface area contributed by atoms with Crippen LogP contribution in [0.15, 0.2) is 40.8 Å². The van der Waals surface area contributed by atoms with Gasteiger partial charge in [0.25, 0.3) is 0 Å². The third kappa shape index (κ3) is 4.28. The molecule has 21 heavy (non-hydrogen) atoms. The minimum atomic E-state index is 0.656. The van der Waals surface area contributed by atoms with Crippen LogP contribution in [0.3, 0.4) is 0 Å². The summed E-state index contributed by atoms with van der Waals surface area (Å²) in [5, 5.41) is 3.88. The fraction of sp³-hybridized carbons (Fsp3) is 0.444. The topological polar surface area (TPSA) is 38.9 Å². The highest BCUT2D eigenvalue weighted by molar-refractivity contribution is 5.56. The fourth-order valence-electron chi connectivity index (χ4n) is 2.63. The molecule has 0 saturated carbocycles. The molecular weight excluding hydrogens is 260 g/mol. The largest absolute Gasteiger partial charge is 0.342 e. The van der Waals surface area contributed by atoms with E-state index in [1.165, 1.54) is 36.8 Å². The van der Waals surface area contributed by atoms with Crippen LogP contribution in [0.4, 0.5) is 0 Å². The van der Waals surface area contributed by atoms with Crippen LogP contribution in [0.25, 0.3) is 11.4 Å². The molecule has 2 aromatic rings. The Bertz CT molecular complexity index is 585. The lowest BCUT2D eigenvalue weighted by Crippen LogP contribution is -1.93. The van der Waals surface area contributed by atoms with E-state index in [0.29, 0.717) is 5.82 Å². The van der Waals surface area contributed by atoms with Crippen LogP contribution in [0.1, 0.15) is 50.7 Å². The van der Waals surface area contributed by atoms with E-state index in [-0.39, 0.29) is 0 Å². The van der Waals surface area contributed by atoms with Gasteiger partial charge in [0.2, 0.25) is 12.2 Å². The van der Waals surface area contributed by atoms with Gasteiger partial charge >= 0.3 is 0 Å². The average Bonchev–Trinajstić information content (AvgIpc) is 3.02. The van der Waals surface area contributed by atoms with Gasteiger partial charge in [-0.1, -0.05) is 42.8 Å². The fourth-order valence-corrected chi connectivity index (χ4v) is 2.63. The first-order chi connectivity index (χ1) is 10.2. The summed E-state index contributed by atoms with van der Waals surface area (Å²) in [6.07, 6.45) is 9.58. The number of rotatable bonds is 7. The molecule has 0 fully saturated rings. The number of aryl methyl sites for hydroxylation is 2. The van der Waals surface area contributed by atoms with Crippen molar-refractivity contribution in [2.75, 3.05) is 0 Å². The first-order valence-corrected chi connectivity index (χ1v) is 7.78. The molecule has 0 bridgehead atoms. The summed E-state index contributed by atoms with van der Waals surface area (Å²) in [5.74, 6) is 0.656. The summed E-state index contributed by atoms with van der Waals surface area (Å²) >= 11 is 0. The zero-order valence-electron chi connectivity index (χ0n) is 13.2. The Balaban J connectivity index is 1.97. The predicted octanol–water partition coefficient (Wildman–Crippen LogP) is 5.11. The molecule has 0 spiro atoms. The highest BCUT2D eigenvalue weighted by atomic mass is 16.5.